The summed E-state index contributed by atoms with van der Waals surface area (Å²) in [6, 6.07) is 10.1. The van der Waals surface area contributed by atoms with Gasteiger partial charge in [0.15, 0.2) is 0 Å². The minimum Gasteiger partial charge on any atom is -0.476 e. The van der Waals surface area contributed by atoms with Gasteiger partial charge in [0, 0.05) is 31.4 Å². The highest BCUT2D eigenvalue weighted by Crippen LogP contribution is 2.37. The predicted molar refractivity (Wildman–Crippen MR) is 128 cm³/mol. The molecule has 2 heterocycles. The Bertz CT molecular complexity index is 1420. The van der Waals surface area contributed by atoms with Crippen LogP contribution in [0.4, 0.5) is 13.2 Å². The van der Waals surface area contributed by atoms with Gasteiger partial charge in [-0.3, -0.25) is 9.25 Å². The van der Waals surface area contributed by atoms with Crippen molar-refractivity contribution >= 4 is 23.2 Å². The van der Waals surface area contributed by atoms with Gasteiger partial charge in [-0.1, -0.05) is 35.3 Å². The van der Waals surface area contributed by atoms with E-state index in [4.69, 9.17) is 32.7 Å². The molecule has 0 amide bonds. The summed E-state index contributed by atoms with van der Waals surface area (Å²) >= 11 is 11.9. The molecule has 0 N–H and O–H groups in total. The zero-order chi connectivity index (χ0) is 25.9. The third-order valence-electron chi connectivity index (χ3n) is 5.06. The second-order valence-corrected chi connectivity index (χ2v) is 8.63. The van der Waals surface area contributed by atoms with Crippen LogP contribution in [0.3, 0.4) is 0 Å². The molecule has 0 saturated heterocycles. The number of aromatic nitrogens is 4. The number of alkyl halides is 3. The molecule has 0 spiro atoms. The lowest BCUT2D eigenvalue weighted by Gasteiger charge is -2.12. The maximum absolute atomic E-state index is 13.0. The molecule has 2 aromatic heterocycles. The van der Waals surface area contributed by atoms with Gasteiger partial charge in [0.1, 0.15) is 16.5 Å². The van der Waals surface area contributed by atoms with Crippen LogP contribution < -0.4 is 15.2 Å². The summed E-state index contributed by atoms with van der Waals surface area (Å²) in [4.78, 5) is 16.2. The minimum atomic E-state index is -4.58. The molecule has 0 fully saturated rings. The number of benzene rings is 2. The summed E-state index contributed by atoms with van der Waals surface area (Å²) in [5.41, 5.74) is 0.231. The third-order valence-corrected chi connectivity index (χ3v) is 5.65. The van der Waals surface area contributed by atoms with Gasteiger partial charge in [-0.25, -0.2) is 4.79 Å². The minimum absolute atomic E-state index is 0.0155. The highest BCUT2D eigenvalue weighted by molar-refractivity contribution is 6.31. The van der Waals surface area contributed by atoms with Gasteiger partial charge < -0.3 is 9.47 Å². The van der Waals surface area contributed by atoms with Crippen LogP contribution in [0, 0.1) is 0 Å². The van der Waals surface area contributed by atoms with Gasteiger partial charge >= 0.3 is 11.9 Å². The lowest BCUT2D eigenvalue weighted by molar-refractivity contribution is -0.137. The zero-order valence-electron chi connectivity index (χ0n) is 18.8. The van der Waals surface area contributed by atoms with Gasteiger partial charge in [-0.2, -0.15) is 23.3 Å². The molecule has 0 saturated carbocycles. The highest BCUT2D eigenvalue weighted by Gasteiger charge is 2.33. The van der Waals surface area contributed by atoms with Crippen molar-refractivity contribution in [1.82, 2.24) is 19.3 Å². The van der Waals surface area contributed by atoms with E-state index >= 15 is 0 Å². The van der Waals surface area contributed by atoms with Crippen LogP contribution in [0.15, 0.2) is 65.8 Å². The average molecular weight is 539 g/mol. The van der Waals surface area contributed by atoms with Crippen LogP contribution in [0.1, 0.15) is 16.7 Å². The predicted octanol–water partition coefficient (Wildman–Crippen LogP) is 5.76. The SMILES string of the molecule is Cn1cc(Cn2cc(Cl)c(OCCc3ccc(Oc4ccc(Cl)c(C(F)(F)F)c4)cc3)nc2=O)cn1. The molecule has 36 heavy (non-hydrogen) atoms. The van der Waals surface area contributed by atoms with Crippen molar-refractivity contribution in [2.24, 2.45) is 7.05 Å². The van der Waals surface area contributed by atoms with Gasteiger partial charge in [0.25, 0.3) is 0 Å². The smallest absolute Gasteiger partial charge is 0.417 e. The van der Waals surface area contributed by atoms with Crippen molar-refractivity contribution in [1.29, 1.82) is 0 Å². The molecular formula is C24H19Cl2F3N4O3. The first-order valence-corrected chi connectivity index (χ1v) is 11.3. The molecule has 12 heteroatoms. The molecule has 188 valence electrons. The second kappa shape index (κ2) is 10.6. The van der Waals surface area contributed by atoms with E-state index in [0.29, 0.717) is 12.2 Å². The Kier molecular flexibility index (Phi) is 7.56. The molecule has 0 atom stereocenters. The number of hydrogen-bond donors (Lipinski definition) is 0. The molecule has 0 radical (unpaired) electrons. The first-order chi connectivity index (χ1) is 17.1. The van der Waals surface area contributed by atoms with E-state index in [1.807, 2.05) is 0 Å². The summed E-state index contributed by atoms with van der Waals surface area (Å²) in [6.07, 6.45) is 0.790. The first kappa shape index (κ1) is 25.6. The largest absolute Gasteiger partial charge is 0.476 e. The Balaban J connectivity index is 1.34. The Morgan fingerprint density at radius 2 is 1.69 bits per heavy atom. The topological polar surface area (TPSA) is 71.2 Å². The van der Waals surface area contributed by atoms with Crippen molar-refractivity contribution in [2.45, 2.75) is 19.1 Å². The van der Waals surface area contributed by atoms with E-state index in [0.717, 1.165) is 23.3 Å². The summed E-state index contributed by atoms with van der Waals surface area (Å²) in [5, 5.41) is 3.86. The zero-order valence-corrected chi connectivity index (χ0v) is 20.3. The molecular weight excluding hydrogens is 520 g/mol. The van der Waals surface area contributed by atoms with E-state index in [9.17, 15) is 18.0 Å². The number of halogens is 5. The van der Waals surface area contributed by atoms with Gasteiger partial charge in [0.2, 0.25) is 5.88 Å². The van der Waals surface area contributed by atoms with E-state index in [1.165, 1.54) is 16.8 Å². The van der Waals surface area contributed by atoms with E-state index in [2.05, 4.69) is 10.1 Å². The second-order valence-electron chi connectivity index (χ2n) is 7.81. The van der Waals surface area contributed by atoms with Gasteiger partial charge in [-0.05, 0) is 35.9 Å². The number of nitrogens with zero attached hydrogens (tertiary/aromatic N) is 4. The van der Waals surface area contributed by atoms with Crippen LogP contribution in [-0.4, -0.2) is 25.9 Å². The lowest BCUT2D eigenvalue weighted by Crippen LogP contribution is -2.24. The Labute approximate surface area is 213 Å². The number of hydrogen-bond acceptors (Lipinski definition) is 5. The summed E-state index contributed by atoms with van der Waals surface area (Å²) < 4.78 is 53.2. The summed E-state index contributed by atoms with van der Waals surface area (Å²) in [6.45, 7) is 0.479. The van der Waals surface area contributed by atoms with E-state index in [1.54, 1.807) is 48.4 Å². The Hall–Kier alpha value is -3.50. The van der Waals surface area contributed by atoms with Crippen LogP contribution in [0.25, 0.3) is 0 Å². The van der Waals surface area contributed by atoms with E-state index in [-0.39, 0.29) is 29.8 Å². The van der Waals surface area contributed by atoms with E-state index < -0.39 is 22.5 Å². The number of rotatable bonds is 8. The van der Waals surface area contributed by atoms with Crippen molar-refractivity contribution in [3.63, 3.8) is 0 Å². The molecule has 4 aromatic rings. The van der Waals surface area contributed by atoms with Crippen molar-refractivity contribution in [3.05, 3.63) is 98.3 Å². The maximum atomic E-state index is 13.0. The molecule has 0 unspecified atom stereocenters. The Morgan fingerprint density at radius 1 is 0.972 bits per heavy atom. The number of ether oxygens (including phenoxy) is 2. The van der Waals surface area contributed by atoms with Crippen LogP contribution in [-0.2, 0) is 26.2 Å². The van der Waals surface area contributed by atoms with Gasteiger partial charge in [-0.15, -0.1) is 0 Å². The fourth-order valence-corrected chi connectivity index (χ4v) is 3.77. The molecule has 4 rings (SSSR count). The average Bonchev–Trinajstić information content (AvgIpc) is 3.23. The fourth-order valence-electron chi connectivity index (χ4n) is 3.33. The van der Waals surface area contributed by atoms with Crippen molar-refractivity contribution in [2.75, 3.05) is 6.61 Å². The first-order valence-electron chi connectivity index (χ1n) is 10.6. The molecule has 0 aliphatic heterocycles. The lowest BCUT2D eigenvalue weighted by atomic mass is 10.1. The summed E-state index contributed by atoms with van der Waals surface area (Å²) in [7, 11) is 1.78. The molecule has 0 bridgehead atoms. The monoisotopic (exact) mass is 538 g/mol. The van der Waals surface area contributed by atoms with Crippen LogP contribution in [0.2, 0.25) is 10.0 Å². The van der Waals surface area contributed by atoms with Crippen molar-refractivity contribution < 1.29 is 22.6 Å². The Morgan fingerprint density at radius 3 is 2.36 bits per heavy atom. The normalized spacial score (nSPS) is 11.5. The standard InChI is InChI=1S/C24H19Cl2F3N4O3/c1-32-12-16(11-30-32)13-33-14-21(26)22(31-23(33)34)35-9-8-15-2-4-17(5-3-15)36-18-6-7-20(25)19(10-18)24(27,28)29/h2-7,10-12,14H,8-9,13H2,1H3. The molecule has 7 nitrogen and oxygen atoms in total. The molecule has 0 aliphatic rings. The maximum Gasteiger partial charge on any atom is 0.417 e. The molecule has 0 aliphatic carbocycles. The van der Waals surface area contributed by atoms with Crippen LogP contribution >= 0.6 is 23.2 Å². The third kappa shape index (κ3) is 6.38. The quantitative estimate of drug-likeness (QED) is 0.285. The fraction of sp³-hybridized carbons (Fsp3) is 0.208. The molecule has 2 aromatic carbocycles. The number of aryl methyl sites for hydroxylation is 1. The summed E-state index contributed by atoms with van der Waals surface area (Å²) in [5.74, 6) is 0.408. The van der Waals surface area contributed by atoms with Crippen LogP contribution in [0.5, 0.6) is 17.4 Å². The van der Waals surface area contributed by atoms with Crippen molar-refractivity contribution in [3.8, 4) is 17.4 Å². The highest BCUT2D eigenvalue weighted by atomic mass is 35.5. The van der Waals surface area contributed by atoms with Gasteiger partial charge in [0.05, 0.1) is 29.9 Å².